The molecular formula is C15H24N2O3. The summed E-state index contributed by atoms with van der Waals surface area (Å²) in [7, 11) is 0. The van der Waals surface area contributed by atoms with E-state index in [2.05, 4.69) is 12.2 Å². The molecule has 5 heteroatoms. The first-order chi connectivity index (χ1) is 9.69. The number of carbonyl (C=O) groups is 1. The molecule has 1 aromatic rings. The molecule has 1 aromatic carbocycles. The summed E-state index contributed by atoms with van der Waals surface area (Å²) in [6, 6.07) is 7.30. The summed E-state index contributed by atoms with van der Waals surface area (Å²) in [5.74, 6) is 0.717. The molecule has 0 aliphatic carbocycles. The highest BCUT2D eigenvalue weighted by molar-refractivity contribution is 5.92. The number of ether oxygens (including phenoxy) is 1. The minimum absolute atomic E-state index is 0.0658. The number of carbonyl (C=O) groups excluding carboxylic acids is 1. The number of nitrogens with zero attached hydrogens (tertiary/aromatic N) is 1. The average molecular weight is 280 g/mol. The predicted octanol–water partition coefficient (Wildman–Crippen LogP) is 1.73. The van der Waals surface area contributed by atoms with Gasteiger partial charge in [-0.3, -0.25) is 9.69 Å². The molecule has 0 spiro atoms. The van der Waals surface area contributed by atoms with Gasteiger partial charge in [-0.05, 0) is 44.2 Å². The number of hydrogen-bond acceptors (Lipinski definition) is 4. The molecule has 0 unspecified atom stereocenters. The number of aliphatic hydroxyl groups is 1. The summed E-state index contributed by atoms with van der Waals surface area (Å²) in [4.78, 5) is 13.9. The fraction of sp³-hybridized carbons (Fsp3) is 0.533. The van der Waals surface area contributed by atoms with E-state index >= 15 is 0 Å². The van der Waals surface area contributed by atoms with Gasteiger partial charge in [-0.2, -0.15) is 0 Å². The van der Waals surface area contributed by atoms with Crippen LogP contribution in [0.3, 0.4) is 0 Å². The molecule has 0 aliphatic heterocycles. The number of nitrogens with one attached hydrogen (secondary N) is 1. The van der Waals surface area contributed by atoms with Crippen molar-refractivity contribution in [1.29, 1.82) is 0 Å². The van der Waals surface area contributed by atoms with Crippen LogP contribution in [-0.2, 0) is 4.79 Å². The Morgan fingerprint density at radius 3 is 2.50 bits per heavy atom. The number of rotatable bonds is 9. The Bertz CT molecular complexity index is 387. The molecule has 0 bridgehead atoms. The van der Waals surface area contributed by atoms with Crippen LogP contribution in [0.5, 0.6) is 5.75 Å². The standard InChI is InChI=1S/C15H24N2O3/c1-3-9-17(10-11-18)12-15(19)16-13-5-7-14(8-6-13)20-4-2/h5-8,18H,3-4,9-12H2,1-2H3,(H,16,19). The number of anilines is 1. The summed E-state index contributed by atoms with van der Waals surface area (Å²) >= 11 is 0. The lowest BCUT2D eigenvalue weighted by molar-refractivity contribution is -0.117. The van der Waals surface area contributed by atoms with Crippen molar-refractivity contribution in [3.8, 4) is 5.75 Å². The quantitative estimate of drug-likeness (QED) is 0.723. The van der Waals surface area contributed by atoms with Crippen molar-refractivity contribution < 1.29 is 14.6 Å². The highest BCUT2D eigenvalue weighted by Gasteiger charge is 2.09. The molecule has 0 saturated carbocycles. The third-order valence-corrected chi connectivity index (χ3v) is 2.77. The van der Waals surface area contributed by atoms with Crippen LogP contribution in [-0.4, -0.2) is 48.8 Å². The second-order valence-corrected chi connectivity index (χ2v) is 4.51. The molecule has 0 radical (unpaired) electrons. The van der Waals surface area contributed by atoms with Crippen LogP contribution >= 0.6 is 0 Å². The van der Waals surface area contributed by atoms with Crippen molar-refractivity contribution in [2.45, 2.75) is 20.3 Å². The molecule has 112 valence electrons. The summed E-state index contributed by atoms with van der Waals surface area (Å²) in [6.07, 6.45) is 0.955. The van der Waals surface area contributed by atoms with Crippen molar-refractivity contribution in [3.05, 3.63) is 24.3 Å². The number of aliphatic hydroxyl groups excluding tert-OH is 1. The van der Waals surface area contributed by atoms with Gasteiger partial charge >= 0.3 is 0 Å². The number of hydrogen-bond donors (Lipinski definition) is 2. The first kappa shape index (κ1) is 16.5. The molecule has 2 N–H and O–H groups in total. The van der Waals surface area contributed by atoms with E-state index in [1.54, 1.807) is 0 Å². The molecule has 0 atom stereocenters. The maximum Gasteiger partial charge on any atom is 0.238 e. The number of benzene rings is 1. The van der Waals surface area contributed by atoms with E-state index in [1.165, 1.54) is 0 Å². The maximum atomic E-state index is 11.9. The molecule has 0 fully saturated rings. The normalized spacial score (nSPS) is 10.6. The topological polar surface area (TPSA) is 61.8 Å². The van der Waals surface area contributed by atoms with Crippen molar-refractivity contribution >= 4 is 11.6 Å². The molecule has 0 aromatic heterocycles. The third-order valence-electron chi connectivity index (χ3n) is 2.77. The number of amides is 1. The zero-order valence-corrected chi connectivity index (χ0v) is 12.3. The largest absolute Gasteiger partial charge is 0.494 e. The molecular weight excluding hydrogens is 256 g/mol. The van der Waals surface area contributed by atoms with Gasteiger partial charge in [0.25, 0.3) is 0 Å². The Balaban J connectivity index is 2.47. The monoisotopic (exact) mass is 280 g/mol. The van der Waals surface area contributed by atoms with Crippen LogP contribution in [0.1, 0.15) is 20.3 Å². The fourth-order valence-corrected chi connectivity index (χ4v) is 1.93. The molecule has 0 aliphatic rings. The minimum atomic E-state index is -0.0731. The minimum Gasteiger partial charge on any atom is -0.494 e. The Hall–Kier alpha value is -1.59. The summed E-state index contributed by atoms with van der Waals surface area (Å²) in [5, 5.41) is 11.8. The van der Waals surface area contributed by atoms with Gasteiger partial charge in [-0.1, -0.05) is 6.92 Å². The Morgan fingerprint density at radius 1 is 1.25 bits per heavy atom. The van der Waals surface area contributed by atoms with Gasteiger partial charge in [0.2, 0.25) is 5.91 Å². The summed E-state index contributed by atoms with van der Waals surface area (Å²) in [6.45, 7) is 6.28. The van der Waals surface area contributed by atoms with Crippen molar-refractivity contribution in [3.63, 3.8) is 0 Å². The zero-order chi connectivity index (χ0) is 14.8. The highest BCUT2D eigenvalue weighted by Crippen LogP contribution is 2.15. The second kappa shape index (κ2) is 9.34. The van der Waals surface area contributed by atoms with Crippen LogP contribution < -0.4 is 10.1 Å². The molecule has 1 amide bonds. The SMILES string of the molecule is CCCN(CCO)CC(=O)Nc1ccc(OCC)cc1. The fourth-order valence-electron chi connectivity index (χ4n) is 1.93. The molecule has 1 rings (SSSR count). The van der Waals surface area contributed by atoms with E-state index in [0.717, 1.165) is 24.4 Å². The molecule has 0 heterocycles. The van der Waals surface area contributed by atoms with E-state index in [9.17, 15) is 4.79 Å². The second-order valence-electron chi connectivity index (χ2n) is 4.51. The summed E-state index contributed by atoms with van der Waals surface area (Å²) in [5.41, 5.74) is 0.749. The van der Waals surface area contributed by atoms with E-state index in [4.69, 9.17) is 9.84 Å². The van der Waals surface area contributed by atoms with Gasteiger partial charge in [0, 0.05) is 12.2 Å². The summed E-state index contributed by atoms with van der Waals surface area (Å²) < 4.78 is 5.35. The van der Waals surface area contributed by atoms with Crippen LogP contribution in [0, 0.1) is 0 Å². The van der Waals surface area contributed by atoms with Gasteiger partial charge in [-0.25, -0.2) is 0 Å². The predicted molar refractivity (Wildman–Crippen MR) is 80.1 cm³/mol. The van der Waals surface area contributed by atoms with E-state index in [-0.39, 0.29) is 12.5 Å². The van der Waals surface area contributed by atoms with Crippen LogP contribution in [0.4, 0.5) is 5.69 Å². The van der Waals surface area contributed by atoms with E-state index in [1.807, 2.05) is 36.1 Å². The lowest BCUT2D eigenvalue weighted by atomic mass is 10.3. The van der Waals surface area contributed by atoms with Gasteiger partial charge in [0.15, 0.2) is 0 Å². The molecule has 5 nitrogen and oxygen atoms in total. The van der Waals surface area contributed by atoms with Gasteiger partial charge in [0.05, 0.1) is 19.8 Å². The lowest BCUT2D eigenvalue weighted by Crippen LogP contribution is -2.35. The van der Waals surface area contributed by atoms with Gasteiger partial charge in [-0.15, -0.1) is 0 Å². The van der Waals surface area contributed by atoms with Gasteiger partial charge < -0.3 is 15.2 Å². The zero-order valence-electron chi connectivity index (χ0n) is 12.3. The first-order valence-corrected chi connectivity index (χ1v) is 7.05. The van der Waals surface area contributed by atoms with E-state index in [0.29, 0.717) is 19.7 Å². The third kappa shape index (κ3) is 6.04. The van der Waals surface area contributed by atoms with E-state index < -0.39 is 0 Å². The Kier molecular flexibility index (Phi) is 7.69. The van der Waals surface area contributed by atoms with Gasteiger partial charge in [0.1, 0.15) is 5.75 Å². The lowest BCUT2D eigenvalue weighted by Gasteiger charge is -2.19. The first-order valence-electron chi connectivity index (χ1n) is 7.05. The highest BCUT2D eigenvalue weighted by atomic mass is 16.5. The van der Waals surface area contributed by atoms with Crippen LogP contribution in [0.25, 0.3) is 0 Å². The molecule has 20 heavy (non-hydrogen) atoms. The maximum absolute atomic E-state index is 11.9. The molecule has 0 saturated heterocycles. The van der Waals surface area contributed by atoms with Crippen molar-refractivity contribution in [2.24, 2.45) is 0 Å². The van der Waals surface area contributed by atoms with Crippen molar-refractivity contribution in [2.75, 3.05) is 38.2 Å². The van der Waals surface area contributed by atoms with Crippen molar-refractivity contribution in [1.82, 2.24) is 4.90 Å². The van der Waals surface area contributed by atoms with Crippen LogP contribution in [0.15, 0.2) is 24.3 Å². The van der Waals surface area contributed by atoms with Crippen LogP contribution in [0.2, 0.25) is 0 Å². The smallest absolute Gasteiger partial charge is 0.238 e. The average Bonchev–Trinajstić information content (AvgIpc) is 2.42. The Labute approximate surface area is 120 Å². The Morgan fingerprint density at radius 2 is 1.95 bits per heavy atom.